The van der Waals surface area contributed by atoms with E-state index in [2.05, 4.69) is 29.8 Å². The summed E-state index contributed by atoms with van der Waals surface area (Å²) in [5, 5.41) is 8.57. The minimum atomic E-state index is -3.70. The van der Waals surface area contributed by atoms with Crippen LogP contribution in [0, 0.1) is 35.0 Å². The molecule has 5 N–H and O–H groups in total. The zero-order chi connectivity index (χ0) is 35.7. The molecule has 49 heavy (non-hydrogen) atoms. The number of nitrogens with two attached hydrogens (primary N) is 1. The third kappa shape index (κ3) is 8.13. The highest BCUT2D eigenvalue weighted by molar-refractivity contribution is 7.91. The van der Waals surface area contributed by atoms with Crippen molar-refractivity contribution in [1.82, 2.24) is 20.9 Å². The average molecular weight is 700 g/mol. The van der Waals surface area contributed by atoms with Crippen LogP contribution in [-0.2, 0) is 29.0 Å². The Labute approximate surface area is 290 Å². The summed E-state index contributed by atoms with van der Waals surface area (Å²) in [7, 11) is -3.70. The maximum Gasteiger partial charge on any atom is 0.315 e. The molecule has 0 aromatic heterocycles. The molecular formula is C36H53N5O7S. The maximum absolute atomic E-state index is 14.5. The number of urea groups is 1. The van der Waals surface area contributed by atoms with Gasteiger partial charge in [-0.05, 0) is 66.4 Å². The molecule has 1 aliphatic heterocycles. The fourth-order valence-corrected chi connectivity index (χ4v) is 9.98. The van der Waals surface area contributed by atoms with E-state index in [4.69, 9.17) is 5.73 Å². The summed E-state index contributed by atoms with van der Waals surface area (Å²) in [6.45, 7) is 8.12. The topological polar surface area (TPSA) is 185 Å². The zero-order valence-corrected chi connectivity index (χ0v) is 30.0. The van der Waals surface area contributed by atoms with Gasteiger partial charge in [-0.2, -0.15) is 0 Å². The lowest BCUT2D eigenvalue weighted by Gasteiger charge is -2.37. The van der Waals surface area contributed by atoms with E-state index in [1.54, 1.807) is 23.1 Å². The van der Waals surface area contributed by atoms with Crippen molar-refractivity contribution in [2.75, 3.05) is 12.3 Å². The number of nitrogens with one attached hydrogen (secondary N) is 3. The van der Waals surface area contributed by atoms with Gasteiger partial charge in [0.05, 0.1) is 16.7 Å². The van der Waals surface area contributed by atoms with Crippen LogP contribution in [0.2, 0.25) is 0 Å². The summed E-state index contributed by atoms with van der Waals surface area (Å²) in [6, 6.07) is 3.90. The summed E-state index contributed by atoms with van der Waals surface area (Å²) >= 11 is 0. The number of carbonyl (C=O) groups excluding carboxylic acids is 5. The van der Waals surface area contributed by atoms with Crippen LogP contribution in [0.25, 0.3) is 0 Å². The van der Waals surface area contributed by atoms with Crippen LogP contribution in [0.15, 0.2) is 35.2 Å². The number of rotatable bonds is 14. The molecule has 0 radical (unpaired) electrons. The lowest BCUT2D eigenvalue weighted by molar-refractivity contribution is -0.144. The predicted octanol–water partition coefficient (Wildman–Crippen LogP) is 2.95. The van der Waals surface area contributed by atoms with E-state index in [1.165, 1.54) is 12.1 Å². The molecule has 4 aliphatic rings. The first-order chi connectivity index (χ1) is 23.1. The molecule has 5 rings (SSSR count). The molecule has 3 aliphatic carbocycles. The molecule has 4 fully saturated rings. The van der Waals surface area contributed by atoms with Crippen molar-refractivity contribution in [3.05, 3.63) is 30.3 Å². The third-order valence-electron chi connectivity index (χ3n) is 11.7. The van der Waals surface area contributed by atoms with Crippen LogP contribution in [0.5, 0.6) is 0 Å². The van der Waals surface area contributed by atoms with Crippen molar-refractivity contribution in [2.45, 2.75) is 115 Å². The molecule has 1 aromatic rings. The normalized spacial score (nSPS) is 25.3. The number of fused-ring (bicyclic) bond motifs is 1. The van der Waals surface area contributed by atoms with Gasteiger partial charge in [0.15, 0.2) is 9.84 Å². The number of benzene rings is 1. The van der Waals surface area contributed by atoms with Crippen molar-refractivity contribution >= 4 is 39.4 Å². The number of piperidine rings is 1. The molecule has 6 atom stereocenters. The molecule has 1 heterocycles. The molecule has 5 amide bonds. The third-order valence-corrected chi connectivity index (χ3v) is 13.5. The zero-order valence-electron chi connectivity index (χ0n) is 29.2. The number of ketones is 1. The molecule has 12 nitrogen and oxygen atoms in total. The van der Waals surface area contributed by atoms with Gasteiger partial charge in [0, 0.05) is 12.6 Å². The minimum Gasteiger partial charge on any atom is -0.363 e. The van der Waals surface area contributed by atoms with E-state index < -0.39 is 57.6 Å². The Morgan fingerprint density at radius 3 is 2.14 bits per heavy atom. The van der Waals surface area contributed by atoms with E-state index in [9.17, 15) is 32.4 Å². The van der Waals surface area contributed by atoms with Gasteiger partial charge in [0.25, 0.3) is 5.91 Å². The highest BCUT2D eigenvalue weighted by Crippen LogP contribution is 2.65. The Kier molecular flexibility index (Phi) is 11.1. The maximum atomic E-state index is 14.5. The van der Waals surface area contributed by atoms with Crippen molar-refractivity contribution in [3.63, 3.8) is 0 Å². The number of hydrogen-bond acceptors (Lipinski definition) is 7. The number of sulfone groups is 1. The number of likely N-dealkylation sites (tertiary alicyclic amines) is 1. The summed E-state index contributed by atoms with van der Waals surface area (Å²) < 4.78 is 26.4. The average Bonchev–Trinajstić information content (AvgIpc) is 3.35. The molecule has 13 heteroatoms. The summed E-state index contributed by atoms with van der Waals surface area (Å²) in [5.74, 6) is -3.31. The number of carbonyl (C=O) groups is 5. The van der Waals surface area contributed by atoms with Crippen LogP contribution < -0.4 is 21.7 Å². The van der Waals surface area contributed by atoms with E-state index in [-0.39, 0.29) is 51.6 Å². The van der Waals surface area contributed by atoms with Crippen LogP contribution >= 0.6 is 0 Å². The monoisotopic (exact) mass is 699 g/mol. The first-order valence-corrected chi connectivity index (χ1v) is 19.6. The second kappa shape index (κ2) is 14.8. The largest absolute Gasteiger partial charge is 0.363 e. The summed E-state index contributed by atoms with van der Waals surface area (Å²) in [5.41, 5.74) is 5.16. The second-order valence-corrected chi connectivity index (χ2v) is 17.7. The molecular weight excluding hydrogens is 646 g/mol. The first-order valence-electron chi connectivity index (χ1n) is 17.9. The molecule has 0 bridgehead atoms. The minimum absolute atomic E-state index is 0.0680. The van der Waals surface area contributed by atoms with Gasteiger partial charge in [-0.15, -0.1) is 0 Å². The molecule has 3 saturated carbocycles. The number of Topliss-reactive ketones (excluding diaryl/α,β-unsaturated/α-hetero) is 1. The molecule has 3 unspecified atom stereocenters. The highest BCUT2D eigenvalue weighted by Gasteiger charge is 2.69. The molecule has 270 valence electrons. The Morgan fingerprint density at radius 1 is 0.918 bits per heavy atom. The number of primary amides is 1. The van der Waals surface area contributed by atoms with Gasteiger partial charge in [-0.25, -0.2) is 13.2 Å². The highest BCUT2D eigenvalue weighted by atomic mass is 32.2. The molecule has 1 saturated heterocycles. The van der Waals surface area contributed by atoms with E-state index in [0.717, 1.165) is 51.4 Å². The predicted molar refractivity (Wildman–Crippen MR) is 184 cm³/mol. The van der Waals surface area contributed by atoms with Crippen LogP contribution in [0.3, 0.4) is 0 Å². The molecule has 0 spiro atoms. The van der Waals surface area contributed by atoms with Crippen molar-refractivity contribution in [2.24, 2.45) is 40.7 Å². The molecule has 1 aromatic carbocycles. The standard InChI is InChI=1S/C36H53N5O7S/c1-21(2)27(20-49(47,48)24-16-9-6-10-17-24)39-35(46)40-29(23-14-7-5-8-15-23)34(45)41-19-25-28(36(25,3)4)30(41)33(44)38-26(31(42)32(37)43)18-22-12-11-13-22/h6,9-10,16-17,21-23,25-30H,5,7-8,11-15,18-20H2,1-4H3,(H2,37,43)(H,38,44)(H2,39,40,46)/t25?,26?,27-,28?,29+,30+/m1/s1. The quantitative estimate of drug-likeness (QED) is 0.215. The van der Waals surface area contributed by atoms with Crippen molar-refractivity contribution < 1.29 is 32.4 Å². The van der Waals surface area contributed by atoms with Gasteiger partial charge in [0.1, 0.15) is 12.1 Å². The number of amides is 5. The SMILES string of the molecule is CC(C)[C@@H](CS(=O)(=O)c1ccccc1)NC(=O)N[C@H](C(=O)N1CC2C([C@H]1C(=O)NC(CC1CCC1)C(=O)C(N)=O)C2(C)C)C1CCCCC1. The first kappa shape index (κ1) is 36.8. The van der Waals surface area contributed by atoms with E-state index in [0.29, 0.717) is 13.0 Å². The lowest BCUT2D eigenvalue weighted by Crippen LogP contribution is -2.61. The smallest absolute Gasteiger partial charge is 0.315 e. The van der Waals surface area contributed by atoms with E-state index >= 15 is 0 Å². The van der Waals surface area contributed by atoms with Crippen LogP contribution in [-0.4, -0.2) is 79.3 Å². The Bertz CT molecular complexity index is 1520. The number of hydrogen-bond donors (Lipinski definition) is 4. The summed E-state index contributed by atoms with van der Waals surface area (Å²) in [6.07, 6.45) is 7.48. The number of nitrogens with zero attached hydrogens (tertiary/aromatic N) is 1. The van der Waals surface area contributed by atoms with Crippen LogP contribution in [0.4, 0.5) is 4.79 Å². The van der Waals surface area contributed by atoms with Gasteiger partial charge >= 0.3 is 6.03 Å². The Morgan fingerprint density at radius 2 is 1.57 bits per heavy atom. The van der Waals surface area contributed by atoms with Crippen molar-refractivity contribution in [3.8, 4) is 0 Å². The fourth-order valence-electron chi connectivity index (χ4n) is 8.28. The Hall–Kier alpha value is -3.48. The van der Waals surface area contributed by atoms with Gasteiger partial charge < -0.3 is 26.6 Å². The second-order valence-electron chi connectivity index (χ2n) is 15.6. The van der Waals surface area contributed by atoms with Gasteiger partial charge in [-0.1, -0.05) is 84.4 Å². The van der Waals surface area contributed by atoms with Crippen LogP contribution in [0.1, 0.15) is 85.5 Å². The Balaban J connectivity index is 1.34. The van der Waals surface area contributed by atoms with E-state index in [1.807, 2.05) is 13.8 Å². The van der Waals surface area contributed by atoms with Crippen molar-refractivity contribution in [1.29, 1.82) is 0 Å². The van der Waals surface area contributed by atoms with Gasteiger partial charge in [0.2, 0.25) is 17.6 Å². The summed E-state index contributed by atoms with van der Waals surface area (Å²) in [4.78, 5) is 68.6. The fraction of sp³-hybridized carbons (Fsp3) is 0.694. The lowest BCUT2D eigenvalue weighted by atomic mass is 9.80. The van der Waals surface area contributed by atoms with Gasteiger partial charge in [-0.3, -0.25) is 19.2 Å².